The third-order valence-electron chi connectivity index (χ3n) is 2.03. The van der Waals surface area contributed by atoms with Gasteiger partial charge in [0.15, 0.2) is 5.43 Å². The smallest absolute Gasteiger partial charge is 0.189 e. The molecule has 0 atom stereocenters. The third-order valence-corrected chi connectivity index (χ3v) is 4.65. The van der Waals surface area contributed by atoms with E-state index in [9.17, 15) is 4.79 Å². The second kappa shape index (κ2) is 3.77. The predicted molar refractivity (Wildman–Crippen MR) is 62.2 cm³/mol. The van der Waals surface area contributed by atoms with Gasteiger partial charge in [-0.25, -0.2) is 0 Å². The molecule has 14 heavy (non-hydrogen) atoms. The molecule has 0 fully saturated rings. The lowest BCUT2D eigenvalue weighted by molar-refractivity contribution is 1.27. The quantitative estimate of drug-likeness (QED) is 0.585. The third kappa shape index (κ3) is 1.37. The maximum absolute atomic E-state index is 11.7. The zero-order valence-electron chi connectivity index (χ0n) is 7.13. The van der Waals surface area contributed by atoms with Crippen LogP contribution in [0.3, 0.4) is 0 Å². The highest BCUT2D eigenvalue weighted by Crippen LogP contribution is 2.37. The van der Waals surface area contributed by atoms with Crippen molar-refractivity contribution in [2.75, 3.05) is 0 Å². The van der Waals surface area contributed by atoms with E-state index in [1.165, 1.54) is 20.9 Å². The molecule has 2 nitrogen and oxygen atoms in total. The minimum Gasteiger partial charge on any atom is -0.289 e. The van der Waals surface area contributed by atoms with Gasteiger partial charge in [0.1, 0.15) is 5.69 Å². The van der Waals surface area contributed by atoms with Gasteiger partial charge in [-0.3, -0.25) is 4.79 Å². The van der Waals surface area contributed by atoms with Crippen LogP contribution in [0, 0.1) is 6.92 Å². The lowest BCUT2D eigenvalue weighted by Crippen LogP contribution is -2.13. The Balaban J connectivity index is 2.94. The highest BCUT2D eigenvalue weighted by Gasteiger charge is 2.21. The molecule has 0 saturated heterocycles. The van der Waals surface area contributed by atoms with Crippen LogP contribution in [-0.2, 0) is 5.88 Å². The Morgan fingerprint density at radius 3 is 2.86 bits per heavy atom. The van der Waals surface area contributed by atoms with E-state index >= 15 is 0 Å². The molecule has 0 spiro atoms. The number of hydrogen-bond acceptors (Lipinski definition) is 4. The van der Waals surface area contributed by atoms with Crippen LogP contribution in [0.5, 0.6) is 0 Å². The zero-order valence-corrected chi connectivity index (χ0v) is 10.3. The van der Waals surface area contributed by atoms with Crippen molar-refractivity contribution < 1.29 is 0 Å². The van der Waals surface area contributed by atoms with Crippen LogP contribution in [0.25, 0.3) is 10.6 Å². The highest BCUT2D eigenvalue weighted by atomic mass is 35.5. The molecule has 0 amide bonds. The fourth-order valence-electron chi connectivity index (χ4n) is 1.25. The van der Waals surface area contributed by atoms with Crippen molar-refractivity contribution in [1.82, 2.24) is 4.37 Å². The van der Waals surface area contributed by atoms with E-state index in [1.54, 1.807) is 6.92 Å². The minimum atomic E-state index is -0.0612. The summed E-state index contributed by atoms with van der Waals surface area (Å²) in [5, 5.41) is 0.406. The van der Waals surface area contributed by atoms with Crippen molar-refractivity contribution in [3.8, 4) is 10.6 Å². The molecular formula is C8H5Cl2NOS2. The van der Waals surface area contributed by atoms with Crippen molar-refractivity contribution in [2.24, 2.45) is 0 Å². The van der Waals surface area contributed by atoms with Gasteiger partial charge in [-0.05, 0) is 6.92 Å². The van der Waals surface area contributed by atoms with E-state index in [1.807, 2.05) is 0 Å². The molecule has 1 heterocycles. The van der Waals surface area contributed by atoms with Gasteiger partial charge in [0, 0.05) is 21.7 Å². The van der Waals surface area contributed by atoms with Crippen molar-refractivity contribution >= 4 is 44.1 Å². The second-order valence-corrected chi connectivity index (χ2v) is 5.31. The SMILES string of the molecule is Cc1c2ssnc-2c(Cl)c(CCl)c1=O. The minimum absolute atomic E-state index is 0.0612. The summed E-state index contributed by atoms with van der Waals surface area (Å²) >= 11 is 11.7. The average Bonchev–Trinajstić information content (AvgIpc) is 2.64. The first-order valence-electron chi connectivity index (χ1n) is 3.79. The first kappa shape index (κ1) is 10.4. The van der Waals surface area contributed by atoms with E-state index in [0.29, 0.717) is 21.8 Å². The van der Waals surface area contributed by atoms with Gasteiger partial charge < -0.3 is 0 Å². The van der Waals surface area contributed by atoms with E-state index in [-0.39, 0.29) is 11.3 Å². The molecule has 0 saturated carbocycles. The number of halogens is 2. The van der Waals surface area contributed by atoms with E-state index in [2.05, 4.69) is 4.37 Å². The van der Waals surface area contributed by atoms with E-state index < -0.39 is 0 Å². The normalized spacial score (nSPS) is 11.1. The Morgan fingerprint density at radius 2 is 2.21 bits per heavy atom. The summed E-state index contributed by atoms with van der Waals surface area (Å²) in [7, 11) is 2.80. The molecule has 0 unspecified atom stereocenters. The predicted octanol–water partition coefficient (Wildman–Crippen LogP) is 3.37. The Bertz CT molecular complexity index is 505. The van der Waals surface area contributed by atoms with Crippen LogP contribution >= 0.6 is 44.1 Å². The van der Waals surface area contributed by atoms with E-state index in [0.717, 1.165) is 4.88 Å². The Morgan fingerprint density at radius 1 is 1.50 bits per heavy atom. The standard InChI is InChI=1S/C8H5Cl2NOS2/c1-3-7(12)4(2-9)5(10)6-8(3)13-14-11-6/h2H2,1H3. The molecule has 0 aromatic carbocycles. The van der Waals surface area contributed by atoms with Crippen molar-refractivity contribution in [1.29, 1.82) is 0 Å². The highest BCUT2D eigenvalue weighted by molar-refractivity contribution is 7.68. The fourth-order valence-corrected chi connectivity index (χ4v) is 4.01. The number of fused-ring (bicyclic) bond motifs is 1. The second-order valence-electron chi connectivity index (χ2n) is 2.81. The Hall–Kier alpha value is -0.160. The number of benzene rings is 1. The molecule has 0 radical (unpaired) electrons. The molecule has 2 rings (SSSR count). The summed E-state index contributed by atoms with van der Waals surface area (Å²) in [6.45, 7) is 1.78. The first-order valence-corrected chi connectivity index (χ1v) is 6.81. The van der Waals surface area contributed by atoms with Crippen LogP contribution in [-0.4, -0.2) is 4.37 Å². The lowest BCUT2D eigenvalue weighted by atomic mass is 10.1. The van der Waals surface area contributed by atoms with Crippen LogP contribution in [0.15, 0.2) is 4.79 Å². The Labute approximate surface area is 98.0 Å². The van der Waals surface area contributed by atoms with Gasteiger partial charge in [-0.15, -0.1) is 11.6 Å². The monoisotopic (exact) mass is 265 g/mol. The number of aromatic nitrogens is 1. The summed E-state index contributed by atoms with van der Waals surface area (Å²) in [6.07, 6.45) is 0. The Kier molecular flexibility index (Phi) is 2.79. The summed E-state index contributed by atoms with van der Waals surface area (Å²) in [5.74, 6) is 0.136. The average molecular weight is 266 g/mol. The van der Waals surface area contributed by atoms with Crippen molar-refractivity contribution in [3.05, 3.63) is 26.4 Å². The summed E-state index contributed by atoms with van der Waals surface area (Å²) < 4.78 is 4.16. The van der Waals surface area contributed by atoms with Crippen molar-refractivity contribution in [2.45, 2.75) is 12.8 Å². The van der Waals surface area contributed by atoms with Gasteiger partial charge in [0.05, 0.1) is 15.8 Å². The molecule has 0 bridgehead atoms. The van der Waals surface area contributed by atoms with Gasteiger partial charge in [0.2, 0.25) is 0 Å². The molecule has 2 aliphatic rings. The van der Waals surface area contributed by atoms with Crippen LogP contribution in [0.1, 0.15) is 11.1 Å². The summed E-state index contributed by atoms with van der Waals surface area (Å²) in [5.41, 5.74) is 1.79. The molecule has 1 aliphatic heterocycles. The van der Waals surface area contributed by atoms with Crippen LogP contribution in [0.4, 0.5) is 0 Å². The maximum atomic E-state index is 11.7. The molecule has 1 aliphatic carbocycles. The lowest BCUT2D eigenvalue weighted by Gasteiger charge is -2.05. The largest absolute Gasteiger partial charge is 0.289 e. The molecule has 0 aromatic rings. The van der Waals surface area contributed by atoms with Gasteiger partial charge >= 0.3 is 0 Å². The topological polar surface area (TPSA) is 30.0 Å². The number of nitrogens with zero attached hydrogens (tertiary/aromatic N) is 1. The van der Waals surface area contributed by atoms with Gasteiger partial charge in [-0.1, -0.05) is 21.9 Å². The van der Waals surface area contributed by atoms with E-state index in [4.69, 9.17) is 23.2 Å². The van der Waals surface area contributed by atoms with Crippen LogP contribution in [0.2, 0.25) is 5.02 Å². The first-order chi connectivity index (χ1) is 6.66. The molecule has 0 aromatic heterocycles. The fraction of sp³-hybridized carbons (Fsp3) is 0.250. The van der Waals surface area contributed by atoms with Crippen LogP contribution < -0.4 is 5.43 Å². The number of rotatable bonds is 1. The summed E-state index contributed by atoms with van der Waals surface area (Å²) in [6, 6.07) is 0. The molecule has 6 heteroatoms. The molecule has 0 N–H and O–H groups in total. The summed E-state index contributed by atoms with van der Waals surface area (Å²) in [4.78, 5) is 12.6. The molecule has 74 valence electrons. The number of hydrogen-bond donors (Lipinski definition) is 0. The zero-order chi connectivity index (χ0) is 10.3. The van der Waals surface area contributed by atoms with Crippen molar-refractivity contribution in [3.63, 3.8) is 0 Å². The maximum Gasteiger partial charge on any atom is 0.189 e. The number of alkyl halides is 1. The van der Waals surface area contributed by atoms with Gasteiger partial charge in [-0.2, -0.15) is 4.37 Å². The van der Waals surface area contributed by atoms with Gasteiger partial charge in [0.25, 0.3) is 0 Å². The molecular weight excluding hydrogens is 261 g/mol.